The molecule has 0 radical (unpaired) electrons. The Balaban J connectivity index is 4.67. The molecule has 4 heteroatoms. The second-order valence-corrected chi connectivity index (χ2v) is 20.9. The zero-order chi connectivity index (χ0) is 10.8. The summed E-state index contributed by atoms with van der Waals surface area (Å²) in [4.78, 5) is 17.5. The third-order valence-electron chi connectivity index (χ3n) is 2.71. The van der Waals surface area contributed by atoms with Gasteiger partial charge in [-0.2, -0.15) is 0 Å². The Hall–Kier alpha value is 0.229. The molecule has 0 spiro atoms. The van der Waals surface area contributed by atoms with Crippen LogP contribution in [-0.4, -0.2) is 40.7 Å². The summed E-state index contributed by atoms with van der Waals surface area (Å²) in [5, 5.41) is 18.3. The molecule has 0 aromatic carbocycles. The maximum atomic E-state index is 10.9. The quantitative estimate of drug-likeness (QED) is 0.777. The topological polar surface area (TPSA) is 57.5 Å². The minimum atomic E-state index is -2.20. The van der Waals surface area contributed by atoms with Crippen LogP contribution >= 0.6 is 0 Å². The van der Waals surface area contributed by atoms with Crippen molar-refractivity contribution in [2.24, 2.45) is 5.92 Å². The zero-order valence-electron chi connectivity index (χ0n) is 9.03. The minimum absolute atomic E-state index is 0.159. The van der Waals surface area contributed by atoms with E-state index < -0.39 is 36.4 Å². The number of aliphatic hydroxyl groups is 1. The average molecular weight is 295 g/mol. The Labute approximate surface area is 84.0 Å². The van der Waals surface area contributed by atoms with Crippen molar-refractivity contribution in [1.82, 2.24) is 0 Å². The summed E-state index contributed by atoms with van der Waals surface area (Å²) in [7, 11) is 0. The summed E-state index contributed by atoms with van der Waals surface area (Å²) >= 11 is -2.20. The predicted molar refractivity (Wildman–Crippen MR) is 55.6 cm³/mol. The molecule has 0 saturated carbocycles. The zero-order valence-corrected chi connectivity index (χ0v) is 11.9. The molecule has 0 aromatic rings. The second-order valence-electron chi connectivity index (χ2n) is 4.76. The van der Waals surface area contributed by atoms with E-state index in [1.165, 1.54) is 0 Å². The van der Waals surface area contributed by atoms with E-state index >= 15 is 0 Å². The van der Waals surface area contributed by atoms with Crippen LogP contribution in [0.2, 0.25) is 18.8 Å². The number of aliphatic hydroxyl groups excluding tert-OH is 1. The molecule has 0 bridgehead atoms. The Bertz CT molecular complexity index is 184. The SMILES string of the molecule is C[C@H](O)[C@@H](C(=O)O)[C@@H](C)[Sn]([CH3])([CH3])[CH3]. The van der Waals surface area contributed by atoms with E-state index in [2.05, 4.69) is 14.8 Å². The van der Waals surface area contributed by atoms with Crippen LogP contribution in [0.5, 0.6) is 0 Å². The van der Waals surface area contributed by atoms with Crippen LogP contribution in [0.4, 0.5) is 0 Å². The third kappa shape index (κ3) is 3.85. The van der Waals surface area contributed by atoms with Crippen molar-refractivity contribution in [2.75, 3.05) is 0 Å². The molecular formula is C9H20O3Sn. The van der Waals surface area contributed by atoms with E-state index in [4.69, 9.17) is 5.11 Å². The molecule has 13 heavy (non-hydrogen) atoms. The van der Waals surface area contributed by atoms with Crippen molar-refractivity contribution in [3.05, 3.63) is 0 Å². The standard InChI is InChI=1S/C6H11O3.3CH3.Sn/c1-3-5(4(2)7)6(8)9;;;;/h3-5,7H,1-2H3,(H,8,9);3*1H3;/t4-,5-;;;;/m0..../s1. The molecule has 0 unspecified atom stereocenters. The Morgan fingerprint density at radius 2 is 1.62 bits per heavy atom. The molecule has 0 saturated heterocycles. The van der Waals surface area contributed by atoms with Gasteiger partial charge in [-0.1, -0.05) is 0 Å². The van der Waals surface area contributed by atoms with Crippen molar-refractivity contribution in [2.45, 2.75) is 38.7 Å². The van der Waals surface area contributed by atoms with Crippen molar-refractivity contribution in [3.63, 3.8) is 0 Å². The molecular weight excluding hydrogens is 275 g/mol. The van der Waals surface area contributed by atoms with Gasteiger partial charge in [-0.25, -0.2) is 0 Å². The van der Waals surface area contributed by atoms with E-state index in [0.717, 1.165) is 0 Å². The van der Waals surface area contributed by atoms with E-state index in [0.29, 0.717) is 0 Å². The summed E-state index contributed by atoms with van der Waals surface area (Å²) in [5.74, 6) is -1.45. The van der Waals surface area contributed by atoms with Crippen molar-refractivity contribution in [1.29, 1.82) is 0 Å². The van der Waals surface area contributed by atoms with Crippen LogP contribution in [0, 0.1) is 5.92 Å². The second kappa shape index (κ2) is 4.64. The summed E-state index contributed by atoms with van der Waals surface area (Å²) in [5.41, 5.74) is 0. The first-order chi connectivity index (χ1) is 5.68. The van der Waals surface area contributed by atoms with Gasteiger partial charge in [0.2, 0.25) is 0 Å². The number of rotatable bonds is 4. The van der Waals surface area contributed by atoms with E-state index in [9.17, 15) is 9.90 Å². The summed E-state index contributed by atoms with van der Waals surface area (Å²) < 4.78 is 0.159. The molecule has 0 fully saturated rings. The average Bonchev–Trinajstić information content (AvgIpc) is 1.82. The van der Waals surface area contributed by atoms with Gasteiger partial charge in [-0.3, -0.25) is 0 Å². The first kappa shape index (κ1) is 13.2. The molecule has 2 N–H and O–H groups in total. The summed E-state index contributed by atoms with van der Waals surface area (Å²) in [6.45, 7) is 3.52. The van der Waals surface area contributed by atoms with Crippen LogP contribution < -0.4 is 0 Å². The van der Waals surface area contributed by atoms with Gasteiger partial charge >= 0.3 is 84.0 Å². The first-order valence-corrected chi connectivity index (χ1v) is 14.8. The fourth-order valence-corrected chi connectivity index (χ4v) is 5.65. The van der Waals surface area contributed by atoms with Crippen molar-refractivity contribution >= 4 is 24.3 Å². The van der Waals surface area contributed by atoms with Crippen molar-refractivity contribution in [3.8, 4) is 0 Å². The van der Waals surface area contributed by atoms with E-state index in [-0.39, 0.29) is 3.93 Å². The first-order valence-electron chi connectivity index (χ1n) is 4.58. The number of hydrogen-bond acceptors (Lipinski definition) is 2. The molecule has 0 aliphatic carbocycles. The summed E-state index contributed by atoms with van der Waals surface area (Å²) in [6.07, 6.45) is -0.747. The molecule has 0 heterocycles. The van der Waals surface area contributed by atoms with Gasteiger partial charge in [0.1, 0.15) is 0 Å². The Morgan fingerprint density at radius 3 is 1.69 bits per heavy atom. The van der Waals surface area contributed by atoms with Gasteiger partial charge in [0, 0.05) is 0 Å². The fourth-order valence-electron chi connectivity index (χ4n) is 1.38. The van der Waals surface area contributed by atoms with Gasteiger partial charge in [-0.15, -0.1) is 0 Å². The Morgan fingerprint density at radius 1 is 1.23 bits per heavy atom. The number of carboxylic acids is 1. The van der Waals surface area contributed by atoms with Crippen LogP contribution in [0.3, 0.4) is 0 Å². The molecule has 3 nitrogen and oxygen atoms in total. The van der Waals surface area contributed by atoms with Gasteiger partial charge in [0.25, 0.3) is 0 Å². The molecule has 0 aliphatic rings. The van der Waals surface area contributed by atoms with Crippen LogP contribution in [0.25, 0.3) is 0 Å². The number of hydrogen-bond donors (Lipinski definition) is 2. The third-order valence-corrected chi connectivity index (χ3v) is 11.5. The van der Waals surface area contributed by atoms with Crippen LogP contribution in [0.15, 0.2) is 0 Å². The van der Waals surface area contributed by atoms with Crippen molar-refractivity contribution < 1.29 is 15.0 Å². The number of aliphatic carboxylic acids is 1. The molecule has 0 amide bonds. The Kier molecular flexibility index (Phi) is 4.72. The van der Waals surface area contributed by atoms with Gasteiger partial charge in [0.05, 0.1) is 0 Å². The molecule has 0 aliphatic heterocycles. The van der Waals surface area contributed by atoms with E-state index in [1.807, 2.05) is 6.92 Å². The fraction of sp³-hybridized carbons (Fsp3) is 0.889. The van der Waals surface area contributed by atoms with E-state index in [1.54, 1.807) is 6.92 Å². The van der Waals surface area contributed by atoms with Crippen LogP contribution in [-0.2, 0) is 4.79 Å². The summed E-state index contributed by atoms with van der Waals surface area (Å²) in [6, 6.07) is 0. The number of carbonyl (C=O) groups is 1. The predicted octanol–water partition coefficient (Wildman–Crippen LogP) is 1.80. The monoisotopic (exact) mass is 296 g/mol. The molecule has 0 aromatic heterocycles. The maximum absolute atomic E-state index is 10.9. The number of carboxylic acid groups (broad SMARTS) is 1. The van der Waals surface area contributed by atoms with Gasteiger partial charge in [-0.05, 0) is 0 Å². The van der Waals surface area contributed by atoms with Gasteiger partial charge in [0.15, 0.2) is 0 Å². The molecule has 78 valence electrons. The molecule has 3 atom stereocenters. The van der Waals surface area contributed by atoms with Gasteiger partial charge < -0.3 is 0 Å². The van der Waals surface area contributed by atoms with Crippen LogP contribution in [0.1, 0.15) is 13.8 Å². The molecule has 0 rings (SSSR count). The normalized spacial score (nSPS) is 19.2.